The average molecular weight is 556 g/mol. The van der Waals surface area contributed by atoms with E-state index in [2.05, 4.69) is 10.6 Å². The molecule has 3 amide bonds. The van der Waals surface area contributed by atoms with Gasteiger partial charge in [-0.25, -0.2) is 4.79 Å². The normalized spacial score (nSPS) is 13.7. The van der Waals surface area contributed by atoms with Crippen LogP contribution in [-0.2, 0) is 20.7 Å². The molecule has 0 aliphatic carbocycles. The summed E-state index contributed by atoms with van der Waals surface area (Å²) in [5.74, 6) is -0.939. The largest absolute Gasteiger partial charge is 0.508 e. The Bertz CT molecular complexity index is 1160. The molecule has 0 aliphatic heterocycles. The Morgan fingerprint density at radius 3 is 2.15 bits per heavy atom. The quantitative estimate of drug-likeness (QED) is 0.305. The predicted octanol–water partition coefficient (Wildman–Crippen LogP) is 5.13. The fourth-order valence-corrected chi connectivity index (χ4v) is 4.52. The average Bonchev–Trinajstić information content (AvgIpc) is 2.83. The third kappa shape index (κ3) is 9.17. The molecule has 0 radical (unpaired) electrons. The minimum Gasteiger partial charge on any atom is -0.508 e. The molecule has 3 atom stereocenters. The summed E-state index contributed by atoms with van der Waals surface area (Å²) in [6, 6.07) is 8.53. The zero-order chi connectivity index (χ0) is 30.2. The highest BCUT2D eigenvalue weighted by Gasteiger charge is 2.39. The van der Waals surface area contributed by atoms with Crippen LogP contribution < -0.4 is 10.6 Å². The molecule has 3 unspecified atom stereocenters. The molecule has 4 N–H and O–H groups in total. The van der Waals surface area contributed by atoms with Crippen LogP contribution in [0.5, 0.6) is 11.5 Å². The Labute approximate surface area is 237 Å². The Morgan fingerprint density at radius 1 is 0.975 bits per heavy atom. The maximum Gasteiger partial charge on any atom is 0.408 e. The van der Waals surface area contributed by atoms with Gasteiger partial charge in [-0.1, -0.05) is 43.7 Å². The number of carbonyl (C=O) groups excluding carboxylic acids is 3. The number of hydrogen-bond donors (Lipinski definition) is 4. The highest BCUT2D eigenvalue weighted by Crippen LogP contribution is 2.34. The van der Waals surface area contributed by atoms with Gasteiger partial charge in [-0.2, -0.15) is 0 Å². The highest BCUT2D eigenvalue weighted by molar-refractivity contribution is 5.93. The first-order chi connectivity index (χ1) is 18.6. The molecule has 0 spiro atoms. The fraction of sp³-hybridized carbons (Fsp3) is 0.516. The number of para-hydroxylation sites is 1. The Morgan fingerprint density at radius 2 is 1.60 bits per heavy atom. The zero-order valence-electron chi connectivity index (χ0n) is 24.9. The van der Waals surface area contributed by atoms with Crippen LogP contribution in [0.3, 0.4) is 0 Å². The SMILES string of the molecule is CCCC(C)NC(=O)C(c1cccc(C)c1O)N(C(=O)C(Cc1ccc(O)cc1)NC(=O)OC(C)(C)C)C(C)C. The van der Waals surface area contributed by atoms with E-state index in [1.165, 1.54) is 17.0 Å². The Kier molecular flexibility index (Phi) is 11.4. The van der Waals surface area contributed by atoms with Crippen molar-refractivity contribution in [2.75, 3.05) is 0 Å². The summed E-state index contributed by atoms with van der Waals surface area (Å²) in [6.07, 6.45) is 0.923. The molecule has 2 aromatic rings. The lowest BCUT2D eigenvalue weighted by atomic mass is 9.96. The van der Waals surface area contributed by atoms with Gasteiger partial charge < -0.3 is 30.5 Å². The van der Waals surface area contributed by atoms with E-state index < -0.39 is 41.6 Å². The van der Waals surface area contributed by atoms with Crippen LogP contribution in [0.25, 0.3) is 0 Å². The second kappa shape index (κ2) is 14.1. The fourth-order valence-electron chi connectivity index (χ4n) is 4.52. The molecule has 9 nitrogen and oxygen atoms in total. The lowest BCUT2D eigenvalue weighted by molar-refractivity contribution is -0.144. The van der Waals surface area contributed by atoms with Gasteiger partial charge in [0.05, 0.1) is 0 Å². The van der Waals surface area contributed by atoms with E-state index >= 15 is 0 Å². The molecule has 2 rings (SSSR count). The Hall–Kier alpha value is -3.75. The zero-order valence-corrected chi connectivity index (χ0v) is 24.9. The van der Waals surface area contributed by atoms with Crippen LogP contribution in [0, 0.1) is 6.92 Å². The topological polar surface area (TPSA) is 128 Å². The van der Waals surface area contributed by atoms with E-state index in [4.69, 9.17) is 4.74 Å². The van der Waals surface area contributed by atoms with E-state index in [9.17, 15) is 24.6 Å². The van der Waals surface area contributed by atoms with Gasteiger partial charge in [0.2, 0.25) is 11.8 Å². The third-order valence-corrected chi connectivity index (χ3v) is 6.38. The van der Waals surface area contributed by atoms with Crippen molar-refractivity contribution in [3.05, 3.63) is 59.2 Å². The van der Waals surface area contributed by atoms with Gasteiger partial charge in [0.25, 0.3) is 0 Å². The smallest absolute Gasteiger partial charge is 0.408 e. The van der Waals surface area contributed by atoms with Crippen LogP contribution in [-0.4, -0.2) is 56.7 Å². The van der Waals surface area contributed by atoms with Crippen LogP contribution >= 0.6 is 0 Å². The molecule has 0 aliphatic rings. The lowest BCUT2D eigenvalue weighted by Crippen LogP contribution is -2.56. The number of nitrogens with zero attached hydrogens (tertiary/aromatic N) is 1. The van der Waals surface area contributed by atoms with Crippen molar-refractivity contribution in [1.82, 2.24) is 15.5 Å². The number of phenolic OH excluding ortho intramolecular Hbond substituents is 2. The summed E-state index contributed by atoms with van der Waals surface area (Å²) in [5.41, 5.74) is 0.760. The molecule has 0 fully saturated rings. The van der Waals surface area contributed by atoms with E-state index in [-0.39, 0.29) is 24.0 Å². The van der Waals surface area contributed by atoms with Crippen molar-refractivity contribution in [3.8, 4) is 11.5 Å². The molecule has 0 saturated heterocycles. The van der Waals surface area contributed by atoms with Crippen molar-refractivity contribution < 1.29 is 29.3 Å². The number of carbonyl (C=O) groups is 3. The molecule has 0 aromatic heterocycles. The van der Waals surface area contributed by atoms with Crippen molar-refractivity contribution in [3.63, 3.8) is 0 Å². The van der Waals surface area contributed by atoms with Gasteiger partial charge in [0.1, 0.15) is 29.2 Å². The molecule has 9 heteroatoms. The molecule has 220 valence electrons. The minimum atomic E-state index is -1.16. The number of hydrogen-bond acceptors (Lipinski definition) is 6. The van der Waals surface area contributed by atoms with Crippen molar-refractivity contribution in [2.24, 2.45) is 0 Å². The van der Waals surface area contributed by atoms with Gasteiger partial charge in [-0.15, -0.1) is 0 Å². The predicted molar refractivity (Wildman–Crippen MR) is 155 cm³/mol. The second-order valence-corrected chi connectivity index (χ2v) is 11.5. The first kappa shape index (κ1) is 32.5. The molecule has 0 bridgehead atoms. The summed E-state index contributed by atoms with van der Waals surface area (Å²) in [4.78, 5) is 42.4. The lowest BCUT2D eigenvalue weighted by Gasteiger charge is -2.38. The summed E-state index contributed by atoms with van der Waals surface area (Å²) < 4.78 is 5.44. The van der Waals surface area contributed by atoms with Crippen LogP contribution in [0.1, 0.15) is 84.0 Å². The van der Waals surface area contributed by atoms with Crippen molar-refractivity contribution in [2.45, 2.75) is 104 Å². The molecular weight excluding hydrogens is 510 g/mol. The monoisotopic (exact) mass is 555 g/mol. The number of benzene rings is 2. The number of ether oxygens (including phenoxy) is 1. The first-order valence-corrected chi connectivity index (χ1v) is 13.8. The number of nitrogens with one attached hydrogen (secondary N) is 2. The molecule has 0 heterocycles. The second-order valence-electron chi connectivity index (χ2n) is 11.5. The van der Waals surface area contributed by atoms with E-state index in [1.807, 2.05) is 13.8 Å². The maximum atomic E-state index is 14.3. The molecule has 0 saturated carbocycles. The van der Waals surface area contributed by atoms with Crippen LogP contribution in [0.2, 0.25) is 0 Å². The number of rotatable bonds is 11. The molecular formula is C31H45N3O6. The summed E-state index contributed by atoms with van der Waals surface area (Å²) in [5, 5.41) is 26.4. The maximum absolute atomic E-state index is 14.3. The number of aromatic hydroxyl groups is 2. The van der Waals surface area contributed by atoms with Crippen molar-refractivity contribution >= 4 is 17.9 Å². The summed E-state index contributed by atoms with van der Waals surface area (Å²) >= 11 is 0. The van der Waals surface area contributed by atoms with Gasteiger partial charge in [0.15, 0.2) is 0 Å². The number of aryl methyl sites for hydroxylation is 1. The van der Waals surface area contributed by atoms with Crippen molar-refractivity contribution in [1.29, 1.82) is 0 Å². The van der Waals surface area contributed by atoms with Gasteiger partial charge in [-0.3, -0.25) is 9.59 Å². The summed E-state index contributed by atoms with van der Waals surface area (Å²) in [7, 11) is 0. The number of amides is 3. The third-order valence-electron chi connectivity index (χ3n) is 6.38. The standard InChI is InChI=1S/C31H45N3O6/c1-9-11-21(5)32-28(37)26(24-13-10-12-20(4)27(24)36)34(19(2)3)29(38)25(33-30(39)40-31(6,7)8)18-22-14-16-23(35)17-15-22/h10,12-17,19,21,25-26,35-36H,9,11,18H2,1-8H3,(H,32,37)(H,33,39). The number of alkyl carbamates (subject to hydrolysis) is 1. The van der Waals surface area contributed by atoms with E-state index in [1.54, 1.807) is 71.9 Å². The summed E-state index contributed by atoms with van der Waals surface area (Å²) in [6.45, 7) is 14.4. The number of phenols is 2. The van der Waals surface area contributed by atoms with E-state index in [0.717, 1.165) is 12.8 Å². The molecule has 2 aromatic carbocycles. The molecule has 40 heavy (non-hydrogen) atoms. The van der Waals surface area contributed by atoms with Crippen LogP contribution in [0.4, 0.5) is 4.79 Å². The first-order valence-electron chi connectivity index (χ1n) is 13.8. The highest BCUT2D eigenvalue weighted by atomic mass is 16.6. The van der Waals surface area contributed by atoms with Crippen LogP contribution in [0.15, 0.2) is 42.5 Å². The van der Waals surface area contributed by atoms with Gasteiger partial charge in [0, 0.05) is 24.1 Å². The van der Waals surface area contributed by atoms with Gasteiger partial charge >= 0.3 is 6.09 Å². The Balaban J connectivity index is 2.60. The minimum absolute atomic E-state index is 0.0700. The van der Waals surface area contributed by atoms with E-state index in [0.29, 0.717) is 16.7 Å². The van der Waals surface area contributed by atoms with Gasteiger partial charge in [-0.05, 0) is 78.1 Å².